The Balaban J connectivity index is 2.23. The van der Waals surface area contributed by atoms with Crippen LogP contribution < -0.4 is 11.5 Å². The third-order valence-electron chi connectivity index (χ3n) is 4.12. The first-order chi connectivity index (χ1) is 10.8. The van der Waals surface area contributed by atoms with E-state index in [-0.39, 0.29) is 11.5 Å². The maximum atomic E-state index is 13.0. The second-order valence-electron chi connectivity index (χ2n) is 5.87. The van der Waals surface area contributed by atoms with Crippen LogP contribution in [0.5, 0.6) is 0 Å². The van der Waals surface area contributed by atoms with Gasteiger partial charge in [-0.05, 0) is 43.9 Å². The van der Waals surface area contributed by atoms with Gasteiger partial charge >= 0.3 is 0 Å². The van der Waals surface area contributed by atoms with E-state index in [1.807, 2.05) is 31.2 Å². The number of nitrogens with zero attached hydrogens (tertiary/aromatic N) is 1. The van der Waals surface area contributed by atoms with Gasteiger partial charge in [0, 0.05) is 5.70 Å². The van der Waals surface area contributed by atoms with E-state index in [2.05, 4.69) is 4.99 Å². The molecule has 0 radical (unpaired) electrons. The fraction of sp³-hybridized carbons (Fsp3) is 0.353. The fourth-order valence-electron chi connectivity index (χ4n) is 2.52. The summed E-state index contributed by atoms with van der Waals surface area (Å²) in [4.78, 5) is 15.8. The number of rotatable bonds is 5. The highest BCUT2D eigenvalue weighted by molar-refractivity contribution is 6.44. The minimum absolute atomic E-state index is 0.183. The van der Waals surface area contributed by atoms with Crippen LogP contribution in [-0.4, -0.2) is 23.6 Å². The lowest BCUT2D eigenvalue weighted by Crippen LogP contribution is -2.31. The van der Waals surface area contributed by atoms with Gasteiger partial charge in [0.25, 0.3) is 5.91 Å². The Morgan fingerprint density at radius 3 is 2.52 bits per heavy atom. The summed E-state index contributed by atoms with van der Waals surface area (Å²) in [7, 11) is 0. The van der Waals surface area contributed by atoms with Gasteiger partial charge in [-0.3, -0.25) is 10.2 Å². The summed E-state index contributed by atoms with van der Waals surface area (Å²) in [5.41, 5.74) is 12.5. The molecule has 1 saturated carbocycles. The molecule has 1 fully saturated rings. The maximum absolute atomic E-state index is 13.0. The normalized spacial score (nSPS) is 18.4. The van der Waals surface area contributed by atoms with Gasteiger partial charge in [-0.2, -0.15) is 4.99 Å². The van der Waals surface area contributed by atoms with Gasteiger partial charge < -0.3 is 11.5 Å². The van der Waals surface area contributed by atoms with E-state index in [0.29, 0.717) is 0 Å². The third kappa shape index (κ3) is 3.47. The zero-order valence-electron chi connectivity index (χ0n) is 13.3. The number of hydrogen-bond donors (Lipinski definition) is 3. The topological polar surface area (TPSA) is 105 Å². The number of carbonyl (C=O) groups excluding carboxylic acids is 1. The molecule has 5 nitrogen and oxygen atoms in total. The molecule has 0 aliphatic heterocycles. The highest BCUT2D eigenvalue weighted by Crippen LogP contribution is 2.49. The van der Waals surface area contributed by atoms with Gasteiger partial charge in [-0.25, -0.2) is 4.39 Å². The number of aryl methyl sites for hydroxylation is 1. The summed E-state index contributed by atoms with van der Waals surface area (Å²) < 4.78 is 13.0. The summed E-state index contributed by atoms with van der Waals surface area (Å²) in [5, 5.41) is 7.65. The van der Waals surface area contributed by atoms with E-state index >= 15 is 0 Å². The molecule has 122 valence electrons. The van der Waals surface area contributed by atoms with E-state index in [1.54, 1.807) is 0 Å². The third-order valence-corrected chi connectivity index (χ3v) is 4.12. The molecule has 1 aromatic carbocycles. The summed E-state index contributed by atoms with van der Waals surface area (Å²) in [5.74, 6) is -0.618. The first-order valence-electron chi connectivity index (χ1n) is 7.42. The predicted octanol–water partition coefficient (Wildman–Crippen LogP) is 2.13. The van der Waals surface area contributed by atoms with E-state index in [4.69, 9.17) is 16.9 Å². The van der Waals surface area contributed by atoms with Crippen molar-refractivity contribution in [1.82, 2.24) is 0 Å². The summed E-state index contributed by atoms with van der Waals surface area (Å²) in [6.07, 6.45) is 1.18. The molecule has 1 aliphatic carbocycles. The number of aliphatic imine (C=N–C) groups is 1. The van der Waals surface area contributed by atoms with Crippen molar-refractivity contribution in [3.63, 3.8) is 0 Å². The van der Waals surface area contributed by atoms with E-state index in [9.17, 15) is 9.18 Å². The lowest BCUT2D eigenvalue weighted by atomic mass is 9.91. The van der Waals surface area contributed by atoms with E-state index in [1.165, 1.54) is 6.92 Å². The Kier molecular flexibility index (Phi) is 4.63. The lowest BCUT2D eigenvalue weighted by molar-refractivity contribution is -0.111. The number of benzene rings is 1. The van der Waals surface area contributed by atoms with Crippen LogP contribution in [0.25, 0.3) is 0 Å². The van der Waals surface area contributed by atoms with Crippen molar-refractivity contribution in [2.45, 2.75) is 38.3 Å². The van der Waals surface area contributed by atoms with Crippen LogP contribution in [0.15, 0.2) is 41.0 Å². The minimum Gasteiger partial charge on any atom is -0.400 e. The Hall–Kier alpha value is -2.50. The number of nitrogens with one attached hydrogen (secondary N) is 1. The SMILES string of the molecule is Cc1ccccc1C1(C(N)=NC(=O)C(=N)/C=C(\N)C(C)F)CC1. The van der Waals surface area contributed by atoms with Crippen LogP contribution in [0.2, 0.25) is 0 Å². The van der Waals surface area contributed by atoms with Gasteiger partial charge in [0.15, 0.2) is 0 Å². The molecule has 0 heterocycles. The Morgan fingerprint density at radius 2 is 2.00 bits per heavy atom. The zero-order valence-corrected chi connectivity index (χ0v) is 13.3. The molecule has 1 atom stereocenters. The molecule has 1 unspecified atom stereocenters. The van der Waals surface area contributed by atoms with E-state index in [0.717, 1.165) is 30.0 Å². The number of alkyl halides is 1. The molecule has 0 spiro atoms. The van der Waals surface area contributed by atoms with Crippen LogP contribution >= 0.6 is 0 Å². The molecule has 6 heteroatoms. The summed E-state index contributed by atoms with van der Waals surface area (Å²) in [6.45, 7) is 3.22. The molecule has 5 N–H and O–H groups in total. The number of allylic oxidation sites excluding steroid dienone is 1. The molecule has 0 bridgehead atoms. The van der Waals surface area contributed by atoms with Gasteiger partial charge in [0.1, 0.15) is 17.7 Å². The second-order valence-corrected chi connectivity index (χ2v) is 5.87. The quantitative estimate of drug-likeness (QED) is 0.572. The van der Waals surface area contributed by atoms with Crippen molar-refractivity contribution in [3.05, 3.63) is 47.2 Å². The van der Waals surface area contributed by atoms with Crippen LogP contribution in [0, 0.1) is 12.3 Å². The Bertz CT molecular complexity index is 702. The van der Waals surface area contributed by atoms with Crippen LogP contribution in [-0.2, 0) is 10.2 Å². The highest BCUT2D eigenvalue weighted by Gasteiger charge is 2.49. The molecular weight excluding hydrogens is 295 g/mol. The molecular formula is C17H21FN4O. The Labute approximate surface area is 134 Å². The van der Waals surface area contributed by atoms with Crippen LogP contribution in [0.3, 0.4) is 0 Å². The Morgan fingerprint density at radius 1 is 1.39 bits per heavy atom. The van der Waals surface area contributed by atoms with Crippen molar-refractivity contribution in [2.24, 2.45) is 16.5 Å². The zero-order chi connectivity index (χ0) is 17.2. The smallest absolute Gasteiger partial charge is 0.296 e. The minimum atomic E-state index is -1.42. The number of nitrogens with two attached hydrogens (primary N) is 2. The number of amidine groups is 1. The van der Waals surface area contributed by atoms with Gasteiger partial charge in [0.05, 0.1) is 5.41 Å². The van der Waals surface area contributed by atoms with Crippen molar-refractivity contribution < 1.29 is 9.18 Å². The monoisotopic (exact) mass is 316 g/mol. The van der Waals surface area contributed by atoms with Crippen molar-refractivity contribution in [2.75, 3.05) is 0 Å². The maximum Gasteiger partial charge on any atom is 0.296 e. The molecule has 23 heavy (non-hydrogen) atoms. The largest absolute Gasteiger partial charge is 0.400 e. The van der Waals surface area contributed by atoms with Crippen molar-refractivity contribution in [1.29, 1.82) is 5.41 Å². The van der Waals surface area contributed by atoms with Crippen LogP contribution in [0.4, 0.5) is 4.39 Å². The first-order valence-corrected chi connectivity index (χ1v) is 7.42. The molecule has 1 aromatic rings. The average Bonchev–Trinajstić information content (AvgIpc) is 3.29. The van der Waals surface area contributed by atoms with Crippen LogP contribution in [0.1, 0.15) is 30.9 Å². The molecule has 1 aliphatic rings. The van der Waals surface area contributed by atoms with Crippen molar-refractivity contribution >= 4 is 17.5 Å². The molecule has 0 saturated heterocycles. The fourth-order valence-corrected chi connectivity index (χ4v) is 2.52. The number of hydrogen-bond acceptors (Lipinski definition) is 3. The first kappa shape index (κ1) is 16.9. The summed E-state index contributed by atoms with van der Waals surface area (Å²) >= 11 is 0. The highest BCUT2D eigenvalue weighted by atomic mass is 19.1. The van der Waals surface area contributed by atoms with Gasteiger partial charge in [-0.1, -0.05) is 24.3 Å². The average molecular weight is 316 g/mol. The predicted molar refractivity (Wildman–Crippen MR) is 89.3 cm³/mol. The molecule has 1 amide bonds. The number of carbonyl (C=O) groups is 1. The van der Waals surface area contributed by atoms with Gasteiger partial charge in [-0.15, -0.1) is 0 Å². The standard InChI is InChI=1S/C17H21FN4O/c1-10-5-3-4-6-12(10)17(7-8-17)16(21)22-15(23)14(20)9-13(19)11(2)18/h3-6,9,11,20H,7-8,19H2,1-2H3,(H2,21,22,23)/b13-9-,20-14?. The molecule has 2 rings (SSSR count). The molecule has 0 aromatic heterocycles. The number of halogens is 1. The number of amides is 1. The lowest BCUT2D eigenvalue weighted by Gasteiger charge is -2.17. The van der Waals surface area contributed by atoms with Crippen molar-refractivity contribution in [3.8, 4) is 0 Å². The summed E-state index contributed by atoms with van der Waals surface area (Å²) in [6, 6.07) is 7.82. The van der Waals surface area contributed by atoms with Gasteiger partial charge in [0.2, 0.25) is 0 Å². The van der Waals surface area contributed by atoms with E-state index < -0.39 is 23.2 Å². The second kappa shape index (κ2) is 6.32.